The average Bonchev–Trinajstić information content (AvgIpc) is 3.00. The van der Waals surface area contributed by atoms with Crippen molar-refractivity contribution in [1.82, 2.24) is 29.9 Å². The third-order valence-electron chi connectivity index (χ3n) is 4.22. The molecule has 6 nitrogen and oxygen atoms in total. The van der Waals surface area contributed by atoms with E-state index in [4.69, 9.17) is 0 Å². The number of nitrogens with one attached hydrogen (secondary N) is 1. The number of nitrogens with zero attached hydrogens (tertiary/aromatic N) is 5. The summed E-state index contributed by atoms with van der Waals surface area (Å²) < 4.78 is 2.01. The summed E-state index contributed by atoms with van der Waals surface area (Å²) in [4.78, 5) is 11.7. The van der Waals surface area contributed by atoms with Gasteiger partial charge in [-0.05, 0) is 31.7 Å². The third-order valence-corrected chi connectivity index (χ3v) is 4.22. The SMILES string of the molecule is Cc1c(-c2ncnc3[nH]ccc23)nnn1CC1CCC1. The standard InChI is InChI=1S/C14H16N6/c1-9-12(18-19-20(9)7-10-3-2-4-10)13-11-5-6-15-14(11)17-8-16-13/h5-6,8,10H,2-4,7H2,1H3,(H,15,16,17). The minimum atomic E-state index is 0.765. The van der Waals surface area contributed by atoms with E-state index in [0.717, 1.165) is 40.6 Å². The summed E-state index contributed by atoms with van der Waals surface area (Å²) in [6.07, 6.45) is 7.41. The molecule has 0 unspecified atom stereocenters. The highest BCUT2D eigenvalue weighted by atomic mass is 15.4. The third kappa shape index (κ3) is 1.71. The van der Waals surface area contributed by atoms with Crippen LogP contribution in [0.25, 0.3) is 22.4 Å². The van der Waals surface area contributed by atoms with E-state index < -0.39 is 0 Å². The maximum absolute atomic E-state index is 4.39. The number of hydrogen-bond donors (Lipinski definition) is 1. The van der Waals surface area contributed by atoms with Gasteiger partial charge < -0.3 is 4.98 Å². The Morgan fingerprint density at radius 2 is 2.20 bits per heavy atom. The first-order valence-corrected chi connectivity index (χ1v) is 7.01. The summed E-state index contributed by atoms with van der Waals surface area (Å²) in [5, 5.41) is 9.63. The van der Waals surface area contributed by atoms with Crippen molar-refractivity contribution < 1.29 is 0 Å². The second-order valence-corrected chi connectivity index (χ2v) is 5.46. The molecule has 3 aromatic rings. The number of rotatable bonds is 3. The zero-order valence-corrected chi connectivity index (χ0v) is 11.4. The Hall–Kier alpha value is -2.24. The van der Waals surface area contributed by atoms with Crippen LogP contribution in [0.5, 0.6) is 0 Å². The molecule has 0 atom stereocenters. The summed E-state index contributed by atoms with van der Waals surface area (Å²) in [6, 6.07) is 1.98. The van der Waals surface area contributed by atoms with Crippen molar-refractivity contribution in [2.75, 3.05) is 0 Å². The minimum Gasteiger partial charge on any atom is -0.346 e. The van der Waals surface area contributed by atoms with Crippen LogP contribution in [-0.2, 0) is 6.54 Å². The number of H-pyrrole nitrogens is 1. The maximum atomic E-state index is 4.39. The molecule has 1 aliphatic carbocycles. The second kappa shape index (κ2) is 4.40. The van der Waals surface area contributed by atoms with Gasteiger partial charge in [0.2, 0.25) is 0 Å². The van der Waals surface area contributed by atoms with Crippen molar-refractivity contribution in [3.63, 3.8) is 0 Å². The first-order valence-electron chi connectivity index (χ1n) is 7.01. The zero-order chi connectivity index (χ0) is 13.5. The molecule has 0 aliphatic heterocycles. The topological polar surface area (TPSA) is 72.3 Å². The van der Waals surface area contributed by atoms with Gasteiger partial charge in [-0.1, -0.05) is 11.6 Å². The monoisotopic (exact) mass is 268 g/mol. The van der Waals surface area contributed by atoms with E-state index in [-0.39, 0.29) is 0 Å². The number of fused-ring (bicyclic) bond motifs is 1. The van der Waals surface area contributed by atoms with Crippen LogP contribution in [0.15, 0.2) is 18.6 Å². The fourth-order valence-electron chi connectivity index (χ4n) is 2.73. The summed E-state index contributed by atoms with van der Waals surface area (Å²) >= 11 is 0. The van der Waals surface area contributed by atoms with E-state index in [1.54, 1.807) is 6.33 Å². The van der Waals surface area contributed by atoms with Gasteiger partial charge in [-0.15, -0.1) is 5.10 Å². The van der Waals surface area contributed by atoms with Crippen LogP contribution >= 0.6 is 0 Å². The maximum Gasteiger partial charge on any atom is 0.141 e. The van der Waals surface area contributed by atoms with Crippen molar-refractivity contribution in [3.8, 4) is 11.4 Å². The van der Waals surface area contributed by atoms with Crippen molar-refractivity contribution in [3.05, 3.63) is 24.3 Å². The molecular formula is C14H16N6. The molecule has 4 rings (SSSR count). The Balaban J connectivity index is 1.76. The molecule has 3 heterocycles. The molecule has 3 aromatic heterocycles. The quantitative estimate of drug-likeness (QED) is 0.791. The summed E-state index contributed by atoms with van der Waals surface area (Å²) in [5.74, 6) is 0.765. The van der Waals surface area contributed by atoms with Crippen LogP contribution in [-0.4, -0.2) is 29.9 Å². The number of hydrogen-bond acceptors (Lipinski definition) is 4. The van der Waals surface area contributed by atoms with E-state index in [0.29, 0.717) is 0 Å². The largest absolute Gasteiger partial charge is 0.346 e. The van der Waals surface area contributed by atoms with Gasteiger partial charge in [-0.25, -0.2) is 14.6 Å². The Morgan fingerprint density at radius 3 is 3.00 bits per heavy atom. The summed E-state index contributed by atoms with van der Waals surface area (Å²) in [6.45, 7) is 3.04. The van der Waals surface area contributed by atoms with Gasteiger partial charge in [-0.2, -0.15) is 0 Å². The van der Waals surface area contributed by atoms with Gasteiger partial charge in [0, 0.05) is 18.1 Å². The van der Waals surface area contributed by atoms with E-state index in [9.17, 15) is 0 Å². The Labute approximate surface area is 116 Å². The highest BCUT2D eigenvalue weighted by molar-refractivity contribution is 5.89. The van der Waals surface area contributed by atoms with Crippen LogP contribution in [0.3, 0.4) is 0 Å². The van der Waals surface area contributed by atoms with Crippen LogP contribution in [0.1, 0.15) is 25.0 Å². The van der Waals surface area contributed by atoms with Crippen LogP contribution < -0.4 is 0 Å². The van der Waals surface area contributed by atoms with E-state index in [1.807, 2.05) is 16.9 Å². The molecule has 1 N–H and O–H groups in total. The van der Waals surface area contributed by atoms with E-state index in [1.165, 1.54) is 19.3 Å². The van der Waals surface area contributed by atoms with Crippen molar-refractivity contribution in [1.29, 1.82) is 0 Å². The summed E-state index contributed by atoms with van der Waals surface area (Å²) in [5.41, 5.74) is 3.63. The Morgan fingerprint density at radius 1 is 1.30 bits per heavy atom. The minimum absolute atomic E-state index is 0.765. The molecule has 6 heteroatoms. The van der Waals surface area contributed by atoms with Crippen molar-refractivity contribution in [2.24, 2.45) is 5.92 Å². The van der Waals surface area contributed by atoms with Gasteiger partial charge in [0.25, 0.3) is 0 Å². The lowest BCUT2D eigenvalue weighted by molar-refractivity contribution is 0.262. The Bertz CT molecular complexity index is 752. The molecule has 20 heavy (non-hydrogen) atoms. The molecule has 0 amide bonds. The lowest BCUT2D eigenvalue weighted by Gasteiger charge is -2.25. The van der Waals surface area contributed by atoms with Gasteiger partial charge in [-0.3, -0.25) is 0 Å². The smallest absolute Gasteiger partial charge is 0.141 e. The fourth-order valence-corrected chi connectivity index (χ4v) is 2.73. The molecule has 0 spiro atoms. The van der Waals surface area contributed by atoms with Crippen LogP contribution in [0.4, 0.5) is 0 Å². The predicted octanol–water partition coefficient (Wildman–Crippen LogP) is 2.32. The van der Waals surface area contributed by atoms with Crippen LogP contribution in [0, 0.1) is 12.8 Å². The first kappa shape index (κ1) is 11.6. The molecule has 102 valence electrons. The molecule has 0 radical (unpaired) electrons. The molecule has 0 aromatic carbocycles. The van der Waals surface area contributed by atoms with Gasteiger partial charge >= 0.3 is 0 Å². The summed E-state index contributed by atoms with van der Waals surface area (Å²) in [7, 11) is 0. The van der Waals surface area contributed by atoms with Crippen molar-refractivity contribution in [2.45, 2.75) is 32.7 Å². The first-order chi connectivity index (χ1) is 9.83. The van der Waals surface area contributed by atoms with E-state index >= 15 is 0 Å². The predicted molar refractivity (Wildman–Crippen MR) is 75.0 cm³/mol. The molecule has 1 aliphatic rings. The number of aromatic nitrogens is 6. The Kier molecular flexibility index (Phi) is 2.55. The lowest BCUT2D eigenvalue weighted by Crippen LogP contribution is -2.19. The lowest BCUT2D eigenvalue weighted by atomic mass is 9.85. The van der Waals surface area contributed by atoms with Gasteiger partial charge in [0.05, 0.1) is 5.69 Å². The average molecular weight is 268 g/mol. The molecule has 0 saturated heterocycles. The molecular weight excluding hydrogens is 252 g/mol. The number of aromatic amines is 1. The fraction of sp³-hybridized carbons (Fsp3) is 0.429. The van der Waals surface area contributed by atoms with E-state index in [2.05, 4.69) is 32.2 Å². The second-order valence-electron chi connectivity index (χ2n) is 5.46. The highest BCUT2D eigenvalue weighted by Crippen LogP contribution is 2.30. The highest BCUT2D eigenvalue weighted by Gasteiger charge is 2.21. The normalized spacial score (nSPS) is 15.7. The molecule has 0 bridgehead atoms. The molecule has 1 fully saturated rings. The molecule has 1 saturated carbocycles. The zero-order valence-electron chi connectivity index (χ0n) is 11.4. The van der Waals surface area contributed by atoms with Gasteiger partial charge in [0.15, 0.2) is 0 Å². The van der Waals surface area contributed by atoms with Crippen molar-refractivity contribution >= 4 is 11.0 Å². The van der Waals surface area contributed by atoms with Gasteiger partial charge in [0.1, 0.15) is 23.4 Å². The van der Waals surface area contributed by atoms with Crippen LogP contribution in [0.2, 0.25) is 0 Å².